The summed E-state index contributed by atoms with van der Waals surface area (Å²) >= 11 is 1.38. The summed E-state index contributed by atoms with van der Waals surface area (Å²) in [7, 11) is 0. The first-order chi connectivity index (χ1) is 9.40. The van der Waals surface area contributed by atoms with Crippen LogP contribution in [0, 0.1) is 6.92 Å². The molecule has 1 fully saturated rings. The van der Waals surface area contributed by atoms with E-state index in [1.807, 2.05) is 13.8 Å². The number of aromatic nitrogens is 2. The Morgan fingerprint density at radius 1 is 1.35 bits per heavy atom. The summed E-state index contributed by atoms with van der Waals surface area (Å²) in [5.74, 6) is -0.209. The molecule has 2 N–H and O–H groups in total. The van der Waals surface area contributed by atoms with Crippen molar-refractivity contribution in [3.63, 3.8) is 0 Å². The fourth-order valence-electron chi connectivity index (χ4n) is 2.34. The zero-order valence-corrected chi connectivity index (χ0v) is 12.8. The highest BCUT2D eigenvalue weighted by molar-refractivity contribution is 8.00. The molecule has 5 nitrogen and oxygen atoms in total. The second-order valence-electron chi connectivity index (χ2n) is 5.46. The molecule has 1 aromatic heterocycles. The van der Waals surface area contributed by atoms with Gasteiger partial charge in [-0.15, -0.1) is 0 Å². The van der Waals surface area contributed by atoms with E-state index >= 15 is 0 Å². The molecule has 6 heteroatoms. The van der Waals surface area contributed by atoms with Gasteiger partial charge in [0.25, 0.3) is 0 Å². The summed E-state index contributed by atoms with van der Waals surface area (Å²) in [4.78, 5) is 20.1. The Kier molecular flexibility index (Phi) is 4.65. The van der Waals surface area contributed by atoms with Gasteiger partial charge < -0.3 is 10.2 Å². The number of rotatable bonds is 4. The number of thioether (sulfide) groups is 1. The van der Waals surface area contributed by atoms with Crippen molar-refractivity contribution in [2.24, 2.45) is 0 Å². The maximum atomic E-state index is 11.4. The minimum Gasteiger partial charge on any atom is -0.478 e. The molecular weight excluding hydrogens is 276 g/mol. The third kappa shape index (κ3) is 3.12. The third-order valence-corrected chi connectivity index (χ3v) is 4.86. The van der Waals surface area contributed by atoms with Crippen molar-refractivity contribution in [2.75, 3.05) is 0 Å². The largest absolute Gasteiger partial charge is 0.478 e. The fraction of sp³-hybridized carbons (Fsp3) is 0.643. The number of hydrogen-bond donors (Lipinski definition) is 2. The van der Waals surface area contributed by atoms with Crippen molar-refractivity contribution in [1.29, 1.82) is 0 Å². The molecule has 0 aliphatic heterocycles. The summed E-state index contributed by atoms with van der Waals surface area (Å²) in [6, 6.07) is 0. The van der Waals surface area contributed by atoms with Crippen molar-refractivity contribution in [1.82, 2.24) is 9.97 Å². The monoisotopic (exact) mass is 296 g/mol. The van der Waals surface area contributed by atoms with Crippen molar-refractivity contribution in [2.45, 2.75) is 62.3 Å². The van der Waals surface area contributed by atoms with E-state index in [9.17, 15) is 15.0 Å². The van der Waals surface area contributed by atoms with E-state index in [1.54, 1.807) is 6.92 Å². The molecule has 0 spiro atoms. The Bertz CT molecular complexity index is 519. The quantitative estimate of drug-likeness (QED) is 0.831. The molecule has 2 rings (SSSR count). The van der Waals surface area contributed by atoms with Gasteiger partial charge in [0.15, 0.2) is 0 Å². The van der Waals surface area contributed by atoms with Gasteiger partial charge in [-0.1, -0.05) is 25.6 Å². The normalized spacial score (nSPS) is 22.4. The van der Waals surface area contributed by atoms with E-state index in [-0.39, 0.29) is 22.8 Å². The topological polar surface area (TPSA) is 83.3 Å². The SMILES string of the molecule is Cc1nc(C(C)C)nc(SC2CCCC2O)c1C(=O)O. The number of hydrogen-bond acceptors (Lipinski definition) is 5. The van der Waals surface area contributed by atoms with E-state index in [2.05, 4.69) is 9.97 Å². The van der Waals surface area contributed by atoms with Crippen LogP contribution in [0.2, 0.25) is 0 Å². The lowest BCUT2D eigenvalue weighted by Crippen LogP contribution is -2.18. The molecule has 1 heterocycles. The van der Waals surface area contributed by atoms with Gasteiger partial charge in [-0.3, -0.25) is 0 Å². The molecule has 2 atom stereocenters. The highest BCUT2D eigenvalue weighted by Gasteiger charge is 2.29. The standard InChI is InChI=1S/C14H20N2O3S/c1-7(2)12-15-8(3)11(14(18)19)13(16-12)20-10-6-4-5-9(10)17/h7,9-10,17H,4-6H2,1-3H3,(H,18,19). The van der Waals surface area contributed by atoms with Gasteiger partial charge in [0, 0.05) is 11.2 Å². The summed E-state index contributed by atoms with van der Waals surface area (Å²) in [5.41, 5.74) is 0.657. The highest BCUT2D eigenvalue weighted by atomic mass is 32.2. The molecule has 0 radical (unpaired) electrons. The number of carboxylic acids is 1. The molecule has 1 aromatic rings. The Balaban J connectivity index is 2.39. The first-order valence-electron chi connectivity index (χ1n) is 6.86. The first-order valence-corrected chi connectivity index (χ1v) is 7.74. The van der Waals surface area contributed by atoms with Crippen LogP contribution < -0.4 is 0 Å². The van der Waals surface area contributed by atoms with Crippen LogP contribution in [0.3, 0.4) is 0 Å². The average molecular weight is 296 g/mol. The smallest absolute Gasteiger partial charge is 0.340 e. The second-order valence-corrected chi connectivity index (χ2v) is 6.69. The van der Waals surface area contributed by atoms with E-state index < -0.39 is 5.97 Å². The number of aliphatic hydroxyl groups excluding tert-OH is 1. The molecule has 20 heavy (non-hydrogen) atoms. The maximum absolute atomic E-state index is 11.4. The van der Waals surface area contributed by atoms with Gasteiger partial charge in [0.1, 0.15) is 16.4 Å². The Hall–Kier alpha value is -1.14. The summed E-state index contributed by atoms with van der Waals surface area (Å²) in [5, 5.41) is 19.8. The lowest BCUT2D eigenvalue weighted by atomic mass is 10.2. The second kappa shape index (κ2) is 6.10. The number of aromatic carboxylic acids is 1. The van der Waals surface area contributed by atoms with Crippen molar-refractivity contribution in [3.8, 4) is 0 Å². The maximum Gasteiger partial charge on any atom is 0.340 e. The lowest BCUT2D eigenvalue weighted by Gasteiger charge is -2.17. The van der Waals surface area contributed by atoms with Crippen LogP contribution in [0.5, 0.6) is 0 Å². The molecule has 2 unspecified atom stereocenters. The first kappa shape index (κ1) is 15.3. The number of carbonyl (C=O) groups is 1. The van der Waals surface area contributed by atoms with Crippen molar-refractivity contribution >= 4 is 17.7 Å². The highest BCUT2D eigenvalue weighted by Crippen LogP contribution is 2.36. The van der Waals surface area contributed by atoms with Crippen LogP contribution in [-0.2, 0) is 0 Å². The number of aliphatic hydroxyl groups is 1. The van der Waals surface area contributed by atoms with Crippen molar-refractivity contribution < 1.29 is 15.0 Å². The molecule has 0 amide bonds. The zero-order valence-electron chi connectivity index (χ0n) is 12.0. The third-order valence-electron chi connectivity index (χ3n) is 3.48. The molecule has 0 bridgehead atoms. The summed E-state index contributed by atoms with van der Waals surface area (Å²) < 4.78 is 0. The van der Waals surface area contributed by atoms with Gasteiger partial charge in [-0.05, 0) is 26.2 Å². The van der Waals surface area contributed by atoms with E-state index in [0.29, 0.717) is 16.5 Å². The summed E-state index contributed by atoms with van der Waals surface area (Å²) in [6.45, 7) is 5.66. The molecule has 1 aliphatic rings. The number of nitrogens with zero attached hydrogens (tertiary/aromatic N) is 2. The van der Waals surface area contributed by atoms with Crippen LogP contribution in [0.4, 0.5) is 0 Å². The molecular formula is C14H20N2O3S. The summed E-state index contributed by atoms with van der Waals surface area (Å²) in [6.07, 6.45) is 2.27. The van der Waals surface area contributed by atoms with Crippen LogP contribution in [-0.4, -0.2) is 37.5 Å². The van der Waals surface area contributed by atoms with Gasteiger partial charge in [0.2, 0.25) is 0 Å². The minimum atomic E-state index is -1.01. The molecule has 110 valence electrons. The number of aryl methyl sites for hydroxylation is 1. The molecule has 1 saturated carbocycles. The Morgan fingerprint density at radius 3 is 2.55 bits per heavy atom. The van der Waals surface area contributed by atoms with E-state index in [4.69, 9.17) is 0 Å². The van der Waals surface area contributed by atoms with Gasteiger partial charge in [-0.25, -0.2) is 14.8 Å². The fourth-order valence-corrected chi connectivity index (χ4v) is 3.71. The van der Waals surface area contributed by atoms with Gasteiger partial charge >= 0.3 is 5.97 Å². The average Bonchev–Trinajstić information content (AvgIpc) is 2.73. The van der Waals surface area contributed by atoms with E-state index in [0.717, 1.165) is 19.3 Å². The van der Waals surface area contributed by atoms with Gasteiger partial charge in [-0.2, -0.15) is 0 Å². The Morgan fingerprint density at radius 2 is 2.05 bits per heavy atom. The Labute approximate surface area is 122 Å². The van der Waals surface area contributed by atoms with Crippen LogP contribution in [0.25, 0.3) is 0 Å². The predicted molar refractivity (Wildman–Crippen MR) is 77.3 cm³/mol. The van der Waals surface area contributed by atoms with E-state index in [1.165, 1.54) is 11.8 Å². The molecule has 0 saturated heterocycles. The number of carboxylic acid groups (broad SMARTS) is 1. The van der Waals surface area contributed by atoms with Gasteiger partial charge in [0.05, 0.1) is 11.8 Å². The molecule has 0 aromatic carbocycles. The van der Waals surface area contributed by atoms with Crippen LogP contribution >= 0.6 is 11.8 Å². The lowest BCUT2D eigenvalue weighted by molar-refractivity contribution is 0.0690. The zero-order chi connectivity index (χ0) is 14.9. The minimum absolute atomic E-state index is 0.0300. The van der Waals surface area contributed by atoms with Crippen LogP contribution in [0.1, 0.15) is 60.9 Å². The van der Waals surface area contributed by atoms with Crippen molar-refractivity contribution in [3.05, 3.63) is 17.1 Å². The van der Waals surface area contributed by atoms with Crippen LogP contribution in [0.15, 0.2) is 5.03 Å². The predicted octanol–water partition coefficient (Wildman–Crippen LogP) is 2.61. The molecule has 1 aliphatic carbocycles.